The zero-order valence-corrected chi connectivity index (χ0v) is 18.8. The van der Waals surface area contributed by atoms with Crippen LogP contribution >= 0.6 is 11.8 Å². The minimum absolute atomic E-state index is 0.131. The minimum Gasteiger partial charge on any atom is -0.461 e. The van der Waals surface area contributed by atoms with Crippen LogP contribution in [0.1, 0.15) is 33.3 Å². The van der Waals surface area contributed by atoms with Gasteiger partial charge in [-0.1, -0.05) is 78.9 Å². The van der Waals surface area contributed by atoms with Gasteiger partial charge in [0, 0.05) is 16.8 Å². The van der Waals surface area contributed by atoms with E-state index in [0.717, 1.165) is 11.3 Å². The number of rotatable bonds is 7. The molecule has 1 aromatic heterocycles. The number of benzene rings is 3. The van der Waals surface area contributed by atoms with Gasteiger partial charge in [-0.3, -0.25) is 9.36 Å². The van der Waals surface area contributed by atoms with Crippen molar-refractivity contribution < 1.29 is 14.3 Å². The first kappa shape index (κ1) is 21.7. The Morgan fingerprint density at radius 3 is 1.97 bits per heavy atom. The maximum absolute atomic E-state index is 13.8. The molecule has 0 radical (unpaired) electrons. The Morgan fingerprint density at radius 2 is 1.41 bits per heavy atom. The third-order valence-corrected chi connectivity index (χ3v) is 5.90. The van der Waals surface area contributed by atoms with Gasteiger partial charge >= 0.3 is 5.97 Å². The number of esters is 1. The summed E-state index contributed by atoms with van der Waals surface area (Å²) in [6, 6.07) is 28.3. The highest BCUT2D eigenvalue weighted by Crippen LogP contribution is 2.40. The average Bonchev–Trinajstić information content (AvgIpc) is 3.20. The number of hydrogen-bond donors (Lipinski definition) is 0. The van der Waals surface area contributed by atoms with Crippen molar-refractivity contribution in [1.82, 2.24) is 4.57 Å². The number of aromatic nitrogens is 1. The lowest BCUT2D eigenvalue weighted by atomic mass is 9.96. The molecule has 0 aliphatic rings. The monoisotopic (exact) mass is 441 g/mol. The molecule has 0 N–H and O–H groups in total. The fourth-order valence-electron chi connectivity index (χ4n) is 3.79. The van der Waals surface area contributed by atoms with E-state index in [1.54, 1.807) is 19.1 Å². The summed E-state index contributed by atoms with van der Waals surface area (Å²) < 4.78 is 7.32. The van der Waals surface area contributed by atoms with E-state index < -0.39 is 5.97 Å². The number of nitrogens with zero attached hydrogens (tertiary/aromatic N) is 1. The number of carbonyl (C=O) groups is 2. The van der Waals surface area contributed by atoms with Gasteiger partial charge in [0.2, 0.25) is 0 Å². The van der Waals surface area contributed by atoms with Gasteiger partial charge in [0.15, 0.2) is 5.78 Å². The Balaban J connectivity index is 2.12. The van der Waals surface area contributed by atoms with Crippen LogP contribution in [-0.4, -0.2) is 29.2 Å². The Labute approximate surface area is 191 Å². The molecular weight excluding hydrogens is 418 g/mol. The van der Waals surface area contributed by atoms with Crippen molar-refractivity contribution in [2.45, 2.75) is 11.9 Å². The second kappa shape index (κ2) is 9.71. The number of thioether (sulfide) groups is 1. The van der Waals surface area contributed by atoms with Crippen molar-refractivity contribution in [2.75, 3.05) is 12.9 Å². The highest BCUT2D eigenvalue weighted by atomic mass is 32.2. The topological polar surface area (TPSA) is 48.3 Å². The minimum atomic E-state index is -0.461. The van der Waals surface area contributed by atoms with Crippen LogP contribution in [0.2, 0.25) is 0 Å². The van der Waals surface area contributed by atoms with Crippen LogP contribution < -0.4 is 0 Å². The molecule has 0 bridgehead atoms. The van der Waals surface area contributed by atoms with Gasteiger partial charge < -0.3 is 4.74 Å². The summed E-state index contributed by atoms with van der Waals surface area (Å²) in [4.78, 5) is 27.1. The fraction of sp³-hybridized carbons (Fsp3) is 0.111. The summed E-state index contributed by atoms with van der Waals surface area (Å²) in [7, 11) is 0. The van der Waals surface area contributed by atoms with Crippen LogP contribution in [0.25, 0.3) is 16.8 Å². The van der Waals surface area contributed by atoms with Crippen molar-refractivity contribution in [3.63, 3.8) is 0 Å². The van der Waals surface area contributed by atoms with E-state index in [1.165, 1.54) is 11.8 Å². The van der Waals surface area contributed by atoms with Crippen molar-refractivity contribution >= 4 is 23.5 Å². The Hall–Kier alpha value is -3.57. The molecule has 0 unspecified atom stereocenters. The largest absolute Gasteiger partial charge is 0.461 e. The maximum atomic E-state index is 13.8. The van der Waals surface area contributed by atoms with E-state index in [2.05, 4.69) is 0 Å². The molecule has 4 nitrogen and oxygen atoms in total. The second-order valence-corrected chi connectivity index (χ2v) is 7.86. The molecule has 0 aliphatic carbocycles. The summed E-state index contributed by atoms with van der Waals surface area (Å²) in [6.07, 6.45) is 1.92. The molecule has 0 aliphatic heterocycles. The molecule has 160 valence electrons. The zero-order valence-electron chi connectivity index (χ0n) is 17.9. The Bertz CT molecular complexity index is 1230. The van der Waals surface area contributed by atoms with E-state index in [1.807, 2.05) is 89.7 Å². The first-order chi connectivity index (χ1) is 15.7. The van der Waals surface area contributed by atoms with Gasteiger partial charge in [0.25, 0.3) is 0 Å². The molecule has 0 saturated carbocycles. The first-order valence-electron chi connectivity index (χ1n) is 10.4. The van der Waals surface area contributed by atoms with Crippen LogP contribution in [0.5, 0.6) is 0 Å². The lowest BCUT2D eigenvalue weighted by Crippen LogP contribution is -2.12. The summed E-state index contributed by atoms with van der Waals surface area (Å²) in [5.41, 5.74) is 3.60. The van der Waals surface area contributed by atoms with Crippen LogP contribution in [0.15, 0.2) is 96.0 Å². The molecule has 0 atom stereocenters. The lowest BCUT2D eigenvalue weighted by Gasteiger charge is -2.12. The molecule has 1 heterocycles. The quantitative estimate of drug-likeness (QED) is 0.193. The zero-order chi connectivity index (χ0) is 22.5. The van der Waals surface area contributed by atoms with Crippen molar-refractivity contribution in [2.24, 2.45) is 0 Å². The van der Waals surface area contributed by atoms with Gasteiger partial charge in [0.05, 0.1) is 17.2 Å². The van der Waals surface area contributed by atoms with Crippen molar-refractivity contribution in [3.8, 4) is 16.8 Å². The number of hydrogen-bond acceptors (Lipinski definition) is 4. The molecule has 0 fully saturated rings. The number of ketones is 1. The van der Waals surface area contributed by atoms with E-state index >= 15 is 0 Å². The molecule has 3 aromatic carbocycles. The van der Waals surface area contributed by atoms with E-state index in [0.29, 0.717) is 27.4 Å². The summed E-state index contributed by atoms with van der Waals surface area (Å²) in [5.74, 6) is -0.591. The van der Waals surface area contributed by atoms with Gasteiger partial charge in [0.1, 0.15) is 5.69 Å². The number of carbonyl (C=O) groups excluding carboxylic acids is 2. The average molecular weight is 442 g/mol. The van der Waals surface area contributed by atoms with Crippen LogP contribution in [0.4, 0.5) is 0 Å². The molecule has 4 aromatic rings. The Morgan fingerprint density at radius 1 is 0.844 bits per heavy atom. The molecule has 32 heavy (non-hydrogen) atoms. The molecular formula is C27H23NO3S. The van der Waals surface area contributed by atoms with Gasteiger partial charge in [-0.15, -0.1) is 11.8 Å². The fourth-order valence-corrected chi connectivity index (χ4v) is 4.57. The summed E-state index contributed by atoms with van der Waals surface area (Å²) >= 11 is 1.44. The molecule has 0 saturated heterocycles. The van der Waals surface area contributed by atoms with Crippen LogP contribution in [0, 0.1) is 0 Å². The molecule has 0 spiro atoms. The van der Waals surface area contributed by atoms with Gasteiger partial charge in [-0.25, -0.2) is 4.79 Å². The SMILES string of the molecule is CCOC(=O)c1c(-c2ccccc2)c(C(=O)c2ccccc2)c(SC)n1-c1ccccc1. The molecule has 5 heteroatoms. The van der Waals surface area contributed by atoms with Crippen LogP contribution in [0.3, 0.4) is 0 Å². The number of para-hydroxylation sites is 1. The standard InChI is InChI=1S/C27H23NO3S/c1-3-31-27(30)24-22(19-13-7-4-8-14-19)23(25(29)20-15-9-5-10-16-20)26(32-2)28(24)21-17-11-6-12-18-21/h4-18H,3H2,1-2H3. The molecule has 0 amide bonds. The van der Waals surface area contributed by atoms with E-state index in [4.69, 9.17) is 4.74 Å². The Kier molecular flexibility index (Phi) is 6.57. The number of ether oxygens (including phenoxy) is 1. The van der Waals surface area contributed by atoms with Gasteiger partial charge in [-0.2, -0.15) is 0 Å². The predicted molar refractivity (Wildman–Crippen MR) is 129 cm³/mol. The predicted octanol–water partition coefficient (Wildman–Crippen LogP) is 6.27. The van der Waals surface area contributed by atoms with Crippen LogP contribution in [-0.2, 0) is 4.74 Å². The van der Waals surface area contributed by atoms with E-state index in [9.17, 15) is 9.59 Å². The molecule has 4 rings (SSSR count). The lowest BCUT2D eigenvalue weighted by molar-refractivity contribution is 0.0517. The first-order valence-corrected chi connectivity index (χ1v) is 11.6. The van der Waals surface area contributed by atoms with Crippen molar-refractivity contribution in [1.29, 1.82) is 0 Å². The second-order valence-electron chi connectivity index (χ2n) is 7.06. The smallest absolute Gasteiger partial charge is 0.356 e. The summed E-state index contributed by atoms with van der Waals surface area (Å²) in [6.45, 7) is 2.02. The van der Waals surface area contributed by atoms with Crippen molar-refractivity contribution in [3.05, 3.63) is 108 Å². The van der Waals surface area contributed by atoms with Gasteiger partial charge in [-0.05, 0) is 30.9 Å². The third-order valence-electron chi connectivity index (χ3n) is 5.13. The summed E-state index contributed by atoms with van der Waals surface area (Å²) in [5, 5.41) is 0.701. The highest BCUT2D eigenvalue weighted by Gasteiger charge is 2.33. The maximum Gasteiger partial charge on any atom is 0.356 e. The highest BCUT2D eigenvalue weighted by molar-refractivity contribution is 7.98. The van der Waals surface area contributed by atoms with E-state index in [-0.39, 0.29) is 12.4 Å². The normalized spacial score (nSPS) is 10.7. The third kappa shape index (κ3) is 3.99.